The summed E-state index contributed by atoms with van der Waals surface area (Å²) >= 11 is 0. The molecular formula is C17H32. The Morgan fingerprint density at radius 1 is 0.471 bits per heavy atom. The molecule has 0 heterocycles. The molecule has 0 aromatic heterocycles. The highest BCUT2D eigenvalue weighted by Crippen LogP contribution is 2.06. The predicted octanol–water partition coefficient (Wildman–Crippen LogP) is 6.43. The molecule has 0 saturated carbocycles. The van der Waals surface area contributed by atoms with Crippen molar-refractivity contribution < 1.29 is 0 Å². The Morgan fingerprint density at radius 3 is 1.53 bits per heavy atom. The van der Waals surface area contributed by atoms with Gasteiger partial charge in [-0.25, -0.2) is 0 Å². The first kappa shape index (κ1) is 16.5. The third-order valence-electron chi connectivity index (χ3n) is 3.03. The van der Waals surface area contributed by atoms with Crippen LogP contribution in [0.25, 0.3) is 0 Å². The van der Waals surface area contributed by atoms with Gasteiger partial charge in [0, 0.05) is 0 Å². The van der Waals surface area contributed by atoms with Crippen LogP contribution in [0.2, 0.25) is 0 Å². The van der Waals surface area contributed by atoms with Crippen molar-refractivity contribution in [1.29, 1.82) is 0 Å². The van der Waals surface area contributed by atoms with E-state index in [4.69, 9.17) is 0 Å². The first-order valence-electron chi connectivity index (χ1n) is 7.71. The summed E-state index contributed by atoms with van der Waals surface area (Å²) in [5, 5.41) is 0. The summed E-state index contributed by atoms with van der Waals surface area (Å²) in [6.45, 7) is 4.52. The molecule has 17 heavy (non-hydrogen) atoms. The van der Waals surface area contributed by atoms with Gasteiger partial charge >= 0.3 is 0 Å². The summed E-state index contributed by atoms with van der Waals surface area (Å²) in [6, 6.07) is 0. The second kappa shape index (κ2) is 15.5. The Bertz CT molecular complexity index is 176. The standard InChI is InChI=1S/C17H32/c1-3-5-7-9-11-13-15-17-16-14-12-10-8-6-4-2/h9,11,16-17H,3-8,10,12-15H2,1-2H3/b11-9+,17-16+. The van der Waals surface area contributed by atoms with Crippen molar-refractivity contribution in [2.45, 2.75) is 84.5 Å². The predicted molar refractivity (Wildman–Crippen MR) is 80.4 cm³/mol. The third-order valence-corrected chi connectivity index (χ3v) is 3.03. The van der Waals surface area contributed by atoms with Crippen LogP contribution in [0.15, 0.2) is 24.3 Å². The third kappa shape index (κ3) is 15.5. The Labute approximate surface area is 109 Å². The minimum Gasteiger partial charge on any atom is -0.0885 e. The van der Waals surface area contributed by atoms with E-state index in [2.05, 4.69) is 38.2 Å². The highest BCUT2D eigenvalue weighted by atomic mass is 13.9. The first-order chi connectivity index (χ1) is 8.41. The highest BCUT2D eigenvalue weighted by Gasteiger charge is 1.86. The van der Waals surface area contributed by atoms with Gasteiger partial charge in [0.1, 0.15) is 0 Å². The van der Waals surface area contributed by atoms with Crippen molar-refractivity contribution in [3.63, 3.8) is 0 Å². The molecule has 100 valence electrons. The molecule has 0 atom stereocenters. The van der Waals surface area contributed by atoms with Crippen LogP contribution in [0.3, 0.4) is 0 Å². The zero-order chi connectivity index (χ0) is 12.6. The molecule has 0 amide bonds. The number of rotatable bonds is 12. The molecule has 0 heteroatoms. The second-order valence-electron chi connectivity index (χ2n) is 4.87. The quantitative estimate of drug-likeness (QED) is 0.270. The van der Waals surface area contributed by atoms with Crippen molar-refractivity contribution in [3.05, 3.63) is 24.3 Å². The fourth-order valence-electron chi connectivity index (χ4n) is 1.85. The van der Waals surface area contributed by atoms with Gasteiger partial charge in [0.15, 0.2) is 0 Å². The molecule has 0 aromatic carbocycles. The molecule has 0 aromatic rings. The Morgan fingerprint density at radius 2 is 0.941 bits per heavy atom. The van der Waals surface area contributed by atoms with Gasteiger partial charge in [0.25, 0.3) is 0 Å². The van der Waals surface area contributed by atoms with Crippen LogP contribution < -0.4 is 0 Å². The molecule has 0 aliphatic heterocycles. The highest BCUT2D eigenvalue weighted by molar-refractivity contribution is 4.87. The largest absolute Gasteiger partial charge is 0.0885 e. The summed E-state index contributed by atoms with van der Waals surface area (Å²) in [5.41, 5.74) is 0. The fraction of sp³-hybridized carbons (Fsp3) is 0.765. The molecular weight excluding hydrogens is 204 g/mol. The maximum Gasteiger partial charge on any atom is -0.0316 e. The van der Waals surface area contributed by atoms with Crippen molar-refractivity contribution in [2.24, 2.45) is 0 Å². The lowest BCUT2D eigenvalue weighted by molar-refractivity contribution is 0.637. The zero-order valence-electron chi connectivity index (χ0n) is 12.1. The van der Waals surface area contributed by atoms with Crippen molar-refractivity contribution in [3.8, 4) is 0 Å². The van der Waals surface area contributed by atoms with Crippen molar-refractivity contribution in [1.82, 2.24) is 0 Å². The molecule has 0 fully saturated rings. The molecule has 0 saturated heterocycles. The van der Waals surface area contributed by atoms with Crippen LogP contribution in [0.5, 0.6) is 0 Å². The topological polar surface area (TPSA) is 0 Å². The summed E-state index contributed by atoms with van der Waals surface area (Å²) < 4.78 is 0. The van der Waals surface area contributed by atoms with Crippen LogP contribution in [-0.2, 0) is 0 Å². The van der Waals surface area contributed by atoms with Gasteiger partial charge < -0.3 is 0 Å². The zero-order valence-corrected chi connectivity index (χ0v) is 12.1. The normalized spacial score (nSPS) is 11.9. The van der Waals surface area contributed by atoms with Gasteiger partial charge in [-0.05, 0) is 32.1 Å². The fourth-order valence-corrected chi connectivity index (χ4v) is 1.85. The Kier molecular flexibility index (Phi) is 15.0. The molecule has 0 nitrogen and oxygen atoms in total. The average Bonchev–Trinajstić information content (AvgIpc) is 2.35. The minimum atomic E-state index is 1.22. The SMILES string of the molecule is CCCC/C=C/CC/C=C/CCCCCCC. The van der Waals surface area contributed by atoms with Crippen LogP contribution in [-0.4, -0.2) is 0 Å². The summed E-state index contributed by atoms with van der Waals surface area (Å²) in [5.74, 6) is 0. The van der Waals surface area contributed by atoms with E-state index < -0.39 is 0 Å². The number of unbranched alkanes of at least 4 members (excludes halogenated alkanes) is 8. The van der Waals surface area contributed by atoms with Gasteiger partial charge in [0.2, 0.25) is 0 Å². The van der Waals surface area contributed by atoms with Crippen LogP contribution in [0, 0.1) is 0 Å². The molecule has 0 aliphatic carbocycles. The lowest BCUT2D eigenvalue weighted by Crippen LogP contribution is -1.76. The second-order valence-corrected chi connectivity index (χ2v) is 4.87. The summed E-state index contributed by atoms with van der Waals surface area (Å²) in [6.07, 6.45) is 24.0. The Balaban J connectivity index is 3.11. The van der Waals surface area contributed by atoms with Gasteiger partial charge in [-0.1, -0.05) is 76.7 Å². The number of hydrogen-bond donors (Lipinski definition) is 0. The van der Waals surface area contributed by atoms with E-state index >= 15 is 0 Å². The number of allylic oxidation sites excluding steroid dienone is 4. The summed E-state index contributed by atoms with van der Waals surface area (Å²) in [7, 11) is 0. The molecule has 0 N–H and O–H groups in total. The molecule has 0 aliphatic rings. The molecule has 0 radical (unpaired) electrons. The van der Waals surface area contributed by atoms with E-state index in [1.54, 1.807) is 0 Å². The first-order valence-corrected chi connectivity index (χ1v) is 7.71. The monoisotopic (exact) mass is 236 g/mol. The van der Waals surface area contributed by atoms with Crippen LogP contribution >= 0.6 is 0 Å². The lowest BCUT2D eigenvalue weighted by atomic mass is 10.1. The van der Waals surface area contributed by atoms with E-state index in [9.17, 15) is 0 Å². The molecule has 0 spiro atoms. The van der Waals surface area contributed by atoms with Crippen LogP contribution in [0.1, 0.15) is 84.5 Å². The maximum atomic E-state index is 2.37. The van der Waals surface area contributed by atoms with Gasteiger partial charge in [0.05, 0.1) is 0 Å². The van der Waals surface area contributed by atoms with Gasteiger partial charge in [-0.15, -0.1) is 0 Å². The van der Waals surface area contributed by atoms with E-state index in [0.717, 1.165) is 0 Å². The maximum absolute atomic E-state index is 2.37. The van der Waals surface area contributed by atoms with E-state index in [-0.39, 0.29) is 0 Å². The summed E-state index contributed by atoms with van der Waals surface area (Å²) in [4.78, 5) is 0. The van der Waals surface area contributed by atoms with Crippen LogP contribution in [0.4, 0.5) is 0 Å². The van der Waals surface area contributed by atoms with E-state index in [1.165, 1.54) is 70.6 Å². The van der Waals surface area contributed by atoms with Gasteiger partial charge in [-0.3, -0.25) is 0 Å². The number of hydrogen-bond acceptors (Lipinski definition) is 0. The van der Waals surface area contributed by atoms with Crippen molar-refractivity contribution in [2.75, 3.05) is 0 Å². The lowest BCUT2D eigenvalue weighted by Gasteiger charge is -1.96. The van der Waals surface area contributed by atoms with Crippen molar-refractivity contribution >= 4 is 0 Å². The minimum absolute atomic E-state index is 1.22. The molecule has 0 unspecified atom stereocenters. The molecule has 0 rings (SSSR count). The smallest absolute Gasteiger partial charge is 0.0316 e. The average molecular weight is 236 g/mol. The van der Waals surface area contributed by atoms with Gasteiger partial charge in [-0.2, -0.15) is 0 Å². The molecule has 0 bridgehead atoms. The van der Waals surface area contributed by atoms with E-state index in [1.807, 2.05) is 0 Å². The Hall–Kier alpha value is -0.520. The van der Waals surface area contributed by atoms with E-state index in [0.29, 0.717) is 0 Å².